The van der Waals surface area contributed by atoms with Crippen LogP contribution in [0, 0.1) is 0 Å². The number of benzene rings is 1. The molecule has 0 saturated carbocycles. The van der Waals surface area contributed by atoms with Crippen LogP contribution in [0.5, 0.6) is 0 Å². The molecular weight excluding hydrogens is 356 g/mol. The lowest BCUT2D eigenvalue weighted by atomic mass is 10.2. The van der Waals surface area contributed by atoms with E-state index < -0.39 is 19.1 Å². The van der Waals surface area contributed by atoms with Crippen molar-refractivity contribution in [3.63, 3.8) is 0 Å². The number of fused-ring (bicyclic) bond motifs is 1. The number of hydrogen-bond acceptors (Lipinski definition) is 5. The van der Waals surface area contributed by atoms with Crippen LogP contribution in [0.1, 0.15) is 12.5 Å². The standard InChI is InChI=1S/C16H14F3N2O3P/c1-3-25(22,23-2)12-4-5-13-14(7-12)24-15(21-13)10-6-11(9-20-8-10)16(17,18)19/h4-9H,3H2,1-2H3. The topological polar surface area (TPSA) is 65.2 Å². The fraction of sp³-hybridized carbons (Fsp3) is 0.250. The summed E-state index contributed by atoms with van der Waals surface area (Å²) < 4.78 is 61.7. The minimum Gasteiger partial charge on any atom is -0.436 e. The van der Waals surface area contributed by atoms with Gasteiger partial charge in [0.25, 0.3) is 0 Å². The summed E-state index contributed by atoms with van der Waals surface area (Å²) in [6, 6.07) is 5.68. The molecule has 25 heavy (non-hydrogen) atoms. The van der Waals surface area contributed by atoms with Gasteiger partial charge >= 0.3 is 6.18 Å². The van der Waals surface area contributed by atoms with E-state index in [1.807, 2.05) is 0 Å². The summed E-state index contributed by atoms with van der Waals surface area (Å²) in [5.74, 6) is 0.00879. The van der Waals surface area contributed by atoms with Crippen molar-refractivity contribution in [1.29, 1.82) is 0 Å². The van der Waals surface area contributed by atoms with Gasteiger partial charge in [0.15, 0.2) is 5.58 Å². The first kappa shape index (κ1) is 17.6. The molecule has 0 saturated heterocycles. The van der Waals surface area contributed by atoms with Gasteiger partial charge in [-0.1, -0.05) is 6.92 Å². The second-order valence-corrected chi connectivity index (χ2v) is 8.16. The lowest BCUT2D eigenvalue weighted by Crippen LogP contribution is -2.07. The zero-order valence-electron chi connectivity index (χ0n) is 13.4. The van der Waals surface area contributed by atoms with Crippen LogP contribution in [-0.2, 0) is 15.3 Å². The zero-order valence-corrected chi connectivity index (χ0v) is 14.3. The lowest BCUT2D eigenvalue weighted by molar-refractivity contribution is -0.137. The van der Waals surface area contributed by atoms with Crippen molar-refractivity contribution in [1.82, 2.24) is 9.97 Å². The SMILES string of the molecule is CCP(=O)(OC)c1ccc2nc(-c3cncc(C(F)(F)F)c3)oc2c1. The molecule has 132 valence electrons. The van der Waals surface area contributed by atoms with Crippen molar-refractivity contribution in [2.45, 2.75) is 13.1 Å². The van der Waals surface area contributed by atoms with E-state index in [1.54, 1.807) is 25.1 Å². The maximum absolute atomic E-state index is 12.8. The fourth-order valence-electron chi connectivity index (χ4n) is 2.38. The Bertz CT molecular complexity index is 961. The van der Waals surface area contributed by atoms with Crippen LogP contribution in [-0.4, -0.2) is 23.2 Å². The molecular formula is C16H14F3N2O3P. The summed E-state index contributed by atoms with van der Waals surface area (Å²) in [6.45, 7) is 1.74. The smallest absolute Gasteiger partial charge is 0.417 e. The third-order valence-corrected chi connectivity index (χ3v) is 6.28. The largest absolute Gasteiger partial charge is 0.436 e. The van der Waals surface area contributed by atoms with Crippen LogP contribution in [0.4, 0.5) is 13.2 Å². The van der Waals surface area contributed by atoms with E-state index in [2.05, 4.69) is 9.97 Å². The van der Waals surface area contributed by atoms with Gasteiger partial charge in [0.2, 0.25) is 13.3 Å². The van der Waals surface area contributed by atoms with Gasteiger partial charge in [-0.2, -0.15) is 13.2 Å². The number of pyridine rings is 1. The van der Waals surface area contributed by atoms with Crippen molar-refractivity contribution in [3.05, 3.63) is 42.2 Å². The minimum absolute atomic E-state index is 0.00879. The molecule has 0 spiro atoms. The number of alkyl halides is 3. The summed E-state index contributed by atoms with van der Waals surface area (Å²) in [6.07, 6.45) is -2.21. The molecule has 0 aliphatic heterocycles. The molecule has 0 amide bonds. The predicted octanol–water partition coefficient (Wildman–Crippen LogP) is 4.48. The molecule has 2 aromatic heterocycles. The van der Waals surface area contributed by atoms with Crippen LogP contribution in [0.2, 0.25) is 0 Å². The van der Waals surface area contributed by atoms with E-state index in [4.69, 9.17) is 8.94 Å². The van der Waals surface area contributed by atoms with E-state index in [9.17, 15) is 17.7 Å². The second-order valence-electron chi connectivity index (χ2n) is 5.30. The zero-order chi connectivity index (χ0) is 18.2. The maximum Gasteiger partial charge on any atom is 0.417 e. The number of nitrogens with zero attached hydrogens (tertiary/aromatic N) is 2. The molecule has 1 unspecified atom stereocenters. The Balaban J connectivity index is 2.07. The highest BCUT2D eigenvalue weighted by molar-refractivity contribution is 7.66. The predicted molar refractivity (Wildman–Crippen MR) is 87.0 cm³/mol. The third kappa shape index (κ3) is 3.32. The molecule has 0 aliphatic rings. The Hall–Kier alpha value is -2.18. The Kier molecular flexibility index (Phi) is 4.43. The molecule has 3 aromatic rings. The normalized spacial score (nSPS) is 14.6. The molecule has 0 aliphatic carbocycles. The summed E-state index contributed by atoms with van der Waals surface area (Å²) >= 11 is 0. The van der Waals surface area contributed by atoms with E-state index in [0.29, 0.717) is 22.6 Å². The molecule has 5 nitrogen and oxygen atoms in total. The number of hydrogen-bond donors (Lipinski definition) is 0. The molecule has 2 heterocycles. The quantitative estimate of drug-likeness (QED) is 0.634. The van der Waals surface area contributed by atoms with Crippen molar-refractivity contribution in [3.8, 4) is 11.5 Å². The van der Waals surface area contributed by atoms with Crippen LogP contribution in [0.15, 0.2) is 41.1 Å². The van der Waals surface area contributed by atoms with Crippen LogP contribution in [0.25, 0.3) is 22.6 Å². The minimum atomic E-state index is -4.51. The maximum atomic E-state index is 12.8. The fourth-order valence-corrected chi connectivity index (χ4v) is 3.83. The molecule has 0 bridgehead atoms. The van der Waals surface area contributed by atoms with Gasteiger partial charge in [-0.25, -0.2) is 4.98 Å². The number of rotatable bonds is 4. The van der Waals surface area contributed by atoms with E-state index in [-0.39, 0.29) is 11.5 Å². The Labute approximate surface area is 141 Å². The highest BCUT2D eigenvalue weighted by Crippen LogP contribution is 2.44. The Morgan fingerprint density at radius 1 is 1.24 bits per heavy atom. The highest BCUT2D eigenvalue weighted by Gasteiger charge is 2.31. The van der Waals surface area contributed by atoms with Crippen LogP contribution < -0.4 is 5.30 Å². The van der Waals surface area contributed by atoms with Crippen molar-refractivity contribution in [2.75, 3.05) is 13.3 Å². The first-order chi connectivity index (χ1) is 11.8. The molecule has 1 atom stereocenters. The summed E-state index contributed by atoms with van der Waals surface area (Å²) in [4.78, 5) is 7.77. The summed E-state index contributed by atoms with van der Waals surface area (Å²) in [5, 5.41) is 0.467. The van der Waals surface area contributed by atoms with Gasteiger partial charge in [-0.15, -0.1) is 0 Å². The average Bonchev–Trinajstić information content (AvgIpc) is 3.03. The van der Waals surface area contributed by atoms with E-state index in [0.717, 1.165) is 12.3 Å². The molecule has 9 heteroatoms. The van der Waals surface area contributed by atoms with Gasteiger partial charge in [-0.05, 0) is 24.3 Å². The molecule has 0 N–H and O–H groups in total. The van der Waals surface area contributed by atoms with E-state index in [1.165, 1.54) is 13.3 Å². The van der Waals surface area contributed by atoms with Crippen molar-refractivity contribution >= 4 is 23.8 Å². The Morgan fingerprint density at radius 3 is 2.64 bits per heavy atom. The van der Waals surface area contributed by atoms with Gasteiger partial charge in [-0.3, -0.25) is 9.55 Å². The Morgan fingerprint density at radius 2 is 2.00 bits per heavy atom. The first-order valence-electron chi connectivity index (χ1n) is 7.35. The highest BCUT2D eigenvalue weighted by atomic mass is 31.2. The van der Waals surface area contributed by atoms with Gasteiger partial charge < -0.3 is 8.94 Å². The lowest BCUT2D eigenvalue weighted by Gasteiger charge is -2.13. The van der Waals surface area contributed by atoms with Gasteiger partial charge in [0.1, 0.15) is 5.52 Å². The van der Waals surface area contributed by atoms with Crippen molar-refractivity contribution < 1.29 is 26.7 Å². The van der Waals surface area contributed by atoms with E-state index >= 15 is 0 Å². The summed E-state index contributed by atoms with van der Waals surface area (Å²) in [7, 11) is -1.61. The molecule has 1 aromatic carbocycles. The van der Waals surface area contributed by atoms with Crippen LogP contribution in [0.3, 0.4) is 0 Å². The number of oxazole rings is 1. The number of aromatic nitrogens is 2. The monoisotopic (exact) mass is 370 g/mol. The third-order valence-electron chi connectivity index (χ3n) is 3.79. The van der Waals surface area contributed by atoms with Gasteiger partial charge in [0, 0.05) is 31.0 Å². The van der Waals surface area contributed by atoms with Crippen molar-refractivity contribution in [2.24, 2.45) is 0 Å². The van der Waals surface area contributed by atoms with Crippen LogP contribution >= 0.6 is 7.37 Å². The second kappa shape index (κ2) is 6.28. The average molecular weight is 370 g/mol. The molecule has 0 fully saturated rings. The van der Waals surface area contributed by atoms with Gasteiger partial charge in [0.05, 0.1) is 11.1 Å². The molecule has 3 rings (SSSR count). The number of halogens is 3. The summed E-state index contributed by atoms with van der Waals surface area (Å²) in [5.41, 5.74) is -0.0219. The molecule has 0 radical (unpaired) electrons. The first-order valence-corrected chi connectivity index (χ1v) is 9.16.